The van der Waals surface area contributed by atoms with Gasteiger partial charge >= 0.3 is 5.97 Å². The minimum Gasteiger partial charge on any atom is -0.482 e. The van der Waals surface area contributed by atoms with Crippen molar-refractivity contribution in [3.05, 3.63) is 42.7 Å². The summed E-state index contributed by atoms with van der Waals surface area (Å²) in [5, 5.41) is 0. The number of aromatic amines is 1. The number of imidazole rings is 1. The largest absolute Gasteiger partial charge is 0.482 e. The molecule has 2 heterocycles. The van der Waals surface area contributed by atoms with Crippen molar-refractivity contribution in [1.29, 1.82) is 0 Å². The van der Waals surface area contributed by atoms with Crippen molar-refractivity contribution < 1.29 is 14.3 Å². The molecule has 0 bridgehead atoms. The van der Waals surface area contributed by atoms with E-state index in [1.807, 2.05) is 25.1 Å². The number of hydrogen-bond acceptors (Lipinski definition) is 5. The van der Waals surface area contributed by atoms with Crippen LogP contribution in [0, 0.1) is 0 Å². The number of benzene rings is 1. The van der Waals surface area contributed by atoms with Gasteiger partial charge in [0.15, 0.2) is 6.61 Å². The summed E-state index contributed by atoms with van der Waals surface area (Å²) >= 11 is 0. The predicted octanol–water partition coefficient (Wildman–Crippen LogP) is 2.96. The summed E-state index contributed by atoms with van der Waals surface area (Å²) in [7, 11) is 0. The first-order valence-electron chi connectivity index (χ1n) is 7.45. The van der Waals surface area contributed by atoms with Gasteiger partial charge in [0.25, 0.3) is 0 Å². The lowest BCUT2D eigenvalue weighted by molar-refractivity contribution is -0.146. The third-order valence-corrected chi connectivity index (χ3v) is 3.24. The molecule has 0 amide bonds. The summed E-state index contributed by atoms with van der Waals surface area (Å²) in [5.41, 5.74) is 2.69. The molecule has 6 nitrogen and oxygen atoms in total. The van der Waals surface area contributed by atoms with Crippen LogP contribution in [-0.2, 0) is 9.53 Å². The monoisotopic (exact) mass is 311 g/mol. The maximum absolute atomic E-state index is 11.4. The smallest absolute Gasteiger partial charge is 0.344 e. The number of H-pyrrole nitrogens is 1. The lowest BCUT2D eigenvalue weighted by Crippen LogP contribution is -2.15. The highest BCUT2D eigenvalue weighted by Crippen LogP contribution is 2.22. The van der Waals surface area contributed by atoms with Gasteiger partial charge in [-0.05, 0) is 36.8 Å². The molecule has 6 heteroatoms. The second-order valence-corrected chi connectivity index (χ2v) is 5.01. The zero-order valence-electron chi connectivity index (χ0n) is 12.8. The second kappa shape index (κ2) is 6.91. The molecule has 0 atom stereocenters. The minimum absolute atomic E-state index is 0.0876. The second-order valence-electron chi connectivity index (χ2n) is 5.01. The number of rotatable bonds is 6. The number of nitrogens with zero attached hydrogens (tertiary/aromatic N) is 2. The minimum atomic E-state index is -0.360. The standard InChI is InChI=1S/C17H17N3O3/c1-2-9-22-16(21)11-23-13-5-3-12(4-6-13)17-19-14-7-8-18-10-15(14)20-17/h3-8,10H,2,9,11H2,1H3,(H,19,20). The molecular formula is C17H17N3O3. The highest BCUT2D eigenvalue weighted by atomic mass is 16.6. The number of nitrogens with one attached hydrogen (secondary N) is 1. The number of hydrogen-bond donors (Lipinski definition) is 1. The van der Waals surface area contributed by atoms with E-state index >= 15 is 0 Å². The van der Waals surface area contributed by atoms with Gasteiger partial charge in [-0.1, -0.05) is 6.92 Å². The summed E-state index contributed by atoms with van der Waals surface area (Å²) in [6, 6.07) is 9.25. The molecule has 23 heavy (non-hydrogen) atoms. The van der Waals surface area contributed by atoms with E-state index in [-0.39, 0.29) is 12.6 Å². The number of ether oxygens (including phenoxy) is 2. The summed E-state index contributed by atoms with van der Waals surface area (Å²) in [6.07, 6.45) is 4.24. The molecule has 0 unspecified atom stereocenters. The van der Waals surface area contributed by atoms with Crippen LogP contribution in [0.3, 0.4) is 0 Å². The third kappa shape index (κ3) is 3.66. The Morgan fingerprint density at radius 2 is 2.04 bits per heavy atom. The number of pyridine rings is 1. The van der Waals surface area contributed by atoms with Gasteiger partial charge in [-0.3, -0.25) is 4.98 Å². The van der Waals surface area contributed by atoms with Crippen molar-refractivity contribution in [2.75, 3.05) is 13.2 Å². The summed E-state index contributed by atoms with van der Waals surface area (Å²) < 4.78 is 10.4. The molecule has 118 valence electrons. The van der Waals surface area contributed by atoms with Crippen molar-refractivity contribution in [2.24, 2.45) is 0 Å². The fourth-order valence-corrected chi connectivity index (χ4v) is 2.10. The molecule has 0 aliphatic rings. The first-order chi connectivity index (χ1) is 11.3. The van der Waals surface area contributed by atoms with Gasteiger partial charge < -0.3 is 14.5 Å². The lowest BCUT2D eigenvalue weighted by Gasteiger charge is -2.06. The van der Waals surface area contributed by atoms with E-state index in [4.69, 9.17) is 9.47 Å². The molecule has 1 N–H and O–H groups in total. The molecule has 0 spiro atoms. The van der Waals surface area contributed by atoms with Gasteiger partial charge in [0.05, 0.1) is 18.3 Å². The third-order valence-electron chi connectivity index (χ3n) is 3.24. The summed E-state index contributed by atoms with van der Waals surface area (Å²) in [5.74, 6) is 1.02. The zero-order valence-corrected chi connectivity index (χ0v) is 12.8. The predicted molar refractivity (Wildman–Crippen MR) is 86.1 cm³/mol. The number of aromatic nitrogens is 3. The average Bonchev–Trinajstić information content (AvgIpc) is 3.02. The van der Waals surface area contributed by atoms with Crippen LogP contribution in [0.2, 0.25) is 0 Å². The van der Waals surface area contributed by atoms with Crippen LogP contribution in [-0.4, -0.2) is 34.1 Å². The van der Waals surface area contributed by atoms with Crippen LogP contribution in [0.15, 0.2) is 42.7 Å². The first-order valence-corrected chi connectivity index (χ1v) is 7.45. The Kier molecular flexibility index (Phi) is 4.52. The van der Waals surface area contributed by atoms with Gasteiger partial charge in [0, 0.05) is 11.8 Å². The average molecular weight is 311 g/mol. The van der Waals surface area contributed by atoms with Gasteiger partial charge in [-0.15, -0.1) is 0 Å². The fourth-order valence-electron chi connectivity index (χ4n) is 2.10. The molecule has 0 fully saturated rings. The van der Waals surface area contributed by atoms with E-state index in [1.54, 1.807) is 24.5 Å². The Morgan fingerprint density at radius 3 is 2.78 bits per heavy atom. The quantitative estimate of drug-likeness (QED) is 0.708. The molecule has 0 aliphatic heterocycles. The Morgan fingerprint density at radius 1 is 1.22 bits per heavy atom. The van der Waals surface area contributed by atoms with Gasteiger partial charge in [0.2, 0.25) is 0 Å². The van der Waals surface area contributed by atoms with Crippen LogP contribution in [0.1, 0.15) is 13.3 Å². The van der Waals surface area contributed by atoms with E-state index in [0.29, 0.717) is 12.4 Å². The van der Waals surface area contributed by atoms with Crippen LogP contribution >= 0.6 is 0 Å². The molecule has 0 saturated carbocycles. The van der Waals surface area contributed by atoms with Gasteiger partial charge in [-0.25, -0.2) is 9.78 Å². The van der Waals surface area contributed by atoms with Crippen molar-refractivity contribution in [3.8, 4) is 17.1 Å². The lowest BCUT2D eigenvalue weighted by atomic mass is 10.2. The van der Waals surface area contributed by atoms with Crippen LogP contribution in [0.25, 0.3) is 22.4 Å². The molecule has 3 aromatic rings. The van der Waals surface area contributed by atoms with E-state index in [1.165, 1.54) is 0 Å². The van der Waals surface area contributed by atoms with E-state index in [2.05, 4.69) is 15.0 Å². The Labute approximate surface area is 133 Å². The van der Waals surface area contributed by atoms with Crippen LogP contribution < -0.4 is 4.74 Å². The van der Waals surface area contributed by atoms with E-state index < -0.39 is 0 Å². The zero-order chi connectivity index (χ0) is 16.1. The van der Waals surface area contributed by atoms with E-state index in [0.717, 1.165) is 28.8 Å². The molecule has 0 saturated heterocycles. The van der Waals surface area contributed by atoms with Crippen LogP contribution in [0.4, 0.5) is 0 Å². The topological polar surface area (TPSA) is 77.1 Å². The first kappa shape index (κ1) is 15.0. The molecule has 2 aromatic heterocycles. The molecule has 3 rings (SSSR count). The Bertz CT molecular complexity index is 763. The molecular weight excluding hydrogens is 294 g/mol. The fraction of sp³-hybridized carbons (Fsp3) is 0.235. The number of esters is 1. The highest BCUT2D eigenvalue weighted by molar-refractivity contribution is 5.78. The van der Waals surface area contributed by atoms with Crippen molar-refractivity contribution >= 4 is 17.0 Å². The van der Waals surface area contributed by atoms with Crippen LogP contribution in [0.5, 0.6) is 5.75 Å². The summed E-state index contributed by atoms with van der Waals surface area (Å²) in [4.78, 5) is 23.2. The number of carbonyl (C=O) groups excluding carboxylic acids is 1. The Hall–Kier alpha value is -2.89. The SMILES string of the molecule is CCCOC(=O)COc1ccc(-c2nc3cnccc3[nH]2)cc1. The molecule has 0 aliphatic carbocycles. The maximum Gasteiger partial charge on any atom is 0.344 e. The van der Waals surface area contributed by atoms with Gasteiger partial charge in [0.1, 0.15) is 17.1 Å². The summed E-state index contributed by atoms with van der Waals surface area (Å²) in [6.45, 7) is 2.28. The van der Waals surface area contributed by atoms with Crippen molar-refractivity contribution in [1.82, 2.24) is 15.0 Å². The van der Waals surface area contributed by atoms with Crippen molar-refractivity contribution in [3.63, 3.8) is 0 Å². The maximum atomic E-state index is 11.4. The van der Waals surface area contributed by atoms with E-state index in [9.17, 15) is 4.79 Å². The molecule has 1 aromatic carbocycles. The normalized spacial score (nSPS) is 10.7. The van der Waals surface area contributed by atoms with Crippen molar-refractivity contribution in [2.45, 2.75) is 13.3 Å². The number of fused-ring (bicyclic) bond motifs is 1. The molecule has 0 radical (unpaired) electrons. The van der Waals surface area contributed by atoms with Gasteiger partial charge in [-0.2, -0.15) is 0 Å². The Balaban J connectivity index is 1.66. The number of carbonyl (C=O) groups is 1. The highest BCUT2D eigenvalue weighted by Gasteiger charge is 2.07.